The van der Waals surface area contributed by atoms with Gasteiger partial charge in [-0.1, -0.05) is 19.3 Å². The Morgan fingerprint density at radius 3 is 2.50 bits per heavy atom. The molecule has 1 N–H and O–H groups in total. The SMILES string of the molecule is CCN(C(=O)CN1CC(CO)C1)C1CCCCC1. The third kappa shape index (κ3) is 3.23. The summed E-state index contributed by atoms with van der Waals surface area (Å²) in [6.45, 7) is 5.47. The van der Waals surface area contributed by atoms with Gasteiger partial charge in [-0.05, 0) is 19.8 Å². The maximum absolute atomic E-state index is 12.3. The van der Waals surface area contributed by atoms with Crippen molar-refractivity contribution < 1.29 is 9.90 Å². The fourth-order valence-electron chi connectivity index (χ4n) is 3.23. The summed E-state index contributed by atoms with van der Waals surface area (Å²) in [6, 6.07) is 0.478. The molecule has 2 fully saturated rings. The molecule has 18 heavy (non-hydrogen) atoms. The maximum Gasteiger partial charge on any atom is 0.236 e. The van der Waals surface area contributed by atoms with Crippen LogP contribution in [0, 0.1) is 5.92 Å². The summed E-state index contributed by atoms with van der Waals surface area (Å²) in [6.07, 6.45) is 6.22. The van der Waals surface area contributed by atoms with Crippen molar-refractivity contribution in [3.63, 3.8) is 0 Å². The predicted octanol–water partition coefficient (Wildman–Crippen LogP) is 1.09. The van der Waals surface area contributed by atoms with Crippen LogP contribution in [0.4, 0.5) is 0 Å². The lowest BCUT2D eigenvalue weighted by Gasteiger charge is -2.40. The number of rotatable bonds is 5. The van der Waals surface area contributed by atoms with Crippen molar-refractivity contribution in [1.29, 1.82) is 0 Å². The van der Waals surface area contributed by atoms with Crippen molar-refractivity contribution in [1.82, 2.24) is 9.80 Å². The van der Waals surface area contributed by atoms with Gasteiger partial charge in [-0.3, -0.25) is 9.69 Å². The lowest BCUT2D eigenvalue weighted by atomic mass is 9.94. The van der Waals surface area contributed by atoms with Crippen LogP contribution < -0.4 is 0 Å². The standard InChI is InChI=1S/C14H26N2O2/c1-2-16(13-6-4-3-5-7-13)14(18)10-15-8-12(9-15)11-17/h12-13,17H,2-11H2,1H3. The molecule has 4 heteroatoms. The first-order chi connectivity index (χ1) is 8.74. The van der Waals surface area contributed by atoms with E-state index >= 15 is 0 Å². The summed E-state index contributed by atoms with van der Waals surface area (Å²) in [7, 11) is 0. The predicted molar refractivity (Wildman–Crippen MR) is 71.3 cm³/mol. The van der Waals surface area contributed by atoms with Gasteiger partial charge in [0.1, 0.15) is 0 Å². The topological polar surface area (TPSA) is 43.8 Å². The van der Waals surface area contributed by atoms with Crippen LogP contribution in [-0.4, -0.2) is 59.6 Å². The number of carbonyl (C=O) groups is 1. The van der Waals surface area contributed by atoms with Crippen molar-refractivity contribution >= 4 is 5.91 Å². The first kappa shape index (κ1) is 13.8. The molecule has 0 radical (unpaired) electrons. The molecule has 0 spiro atoms. The quantitative estimate of drug-likeness (QED) is 0.799. The van der Waals surface area contributed by atoms with Gasteiger partial charge in [0, 0.05) is 38.2 Å². The second-order valence-electron chi connectivity index (χ2n) is 5.71. The molecule has 1 heterocycles. The normalized spacial score (nSPS) is 22.8. The number of hydrogen-bond acceptors (Lipinski definition) is 3. The van der Waals surface area contributed by atoms with E-state index in [-0.39, 0.29) is 12.5 Å². The van der Waals surface area contributed by atoms with Gasteiger partial charge in [-0.2, -0.15) is 0 Å². The zero-order valence-corrected chi connectivity index (χ0v) is 11.5. The maximum atomic E-state index is 12.3. The molecule has 0 unspecified atom stereocenters. The van der Waals surface area contributed by atoms with Gasteiger partial charge in [-0.15, -0.1) is 0 Å². The van der Waals surface area contributed by atoms with Gasteiger partial charge < -0.3 is 10.0 Å². The minimum absolute atomic E-state index is 0.255. The number of aliphatic hydroxyl groups is 1. The Morgan fingerprint density at radius 1 is 1.28 bits per heavy atom. The Labute approximate surface area is 110 Å². The van der Waals surface area contributed by atoms with Crippen molar-refractivity contribution in [2.24, 2.45) is 5.92 Å². The zero-order chi connectivity index (χ0) is 13.0. The zero-order valence-electron chi connectivity index (χ0n) is 11.5. The highest BCUT2D eigenvalue weighted by Gasteiger charge is 2.30. The van der Waals surface area contributed by atoms with E-state index in [1.165, 1.54) is 32.1 Å². The third-order valence-corrected chi connectivity index (χ3v) is 4.33. The smallest absolute Gasteiger partial charge is 0.236 e. The summed E-state index contributed by atoms with van der Waals surface area (Å²) in [5.41, 5.74) is 0. The lowest BCUT2D eigenvalue weighted by molar-refractivity contribution is -0.137. The monoisotopic (exact) mass is 254 g/mol. The number of carbonyl (C=O) groups excluding carboxylic acids is 1. The van der Waals surface area contributed by atoms with E-state index in [2.05, 4.69) is 16.7 Å². The van der Waals surface area contributed by atoms with Gasteiger partial charge in [0.2, 0.25) is 5.91 Å². The first-order valence-electron chi connectivity index (χ1n) is 7.37. The van der Waals surface area contributed by atoms with E-state index in [9.17, 15) is 4.79 Å². The molecule has 0 aromatic heterocycles. The molecule has 0 aromatic carbocycles. The fraction of sp³-hybridized carbons (Fsp3) is 0.929. The van der Waals surface area contributed by atoms with Crippen LogP contribution in [-0.2, 0) is 4.79 Å². The second kappa shape index (κ2) is 6.53. The summed E-state index contributed by atoms with van der Waals surface area (Å²) in [5, 5.41) is 8.98. The van der Waals surface area contributed by atoms with E-state index in [0.29, 0.717) is 18.5 Å². The Hall–Kier alpha value is -0.610. The highest BCUT2D eigenvalue weighted by Crippen LogP contribution is 2.23. The van der Waals surface area contributed by atoms with Crippen molar-refractivity contribution in [3.05, 3.63) is 0 Å². The Balaban J connectivity index is 1.78. The van der Waals surface area contributed by atoms with Gasteiger partial charge in [0.15, 0.2) is 0 Å². The van der Waals surface area contributed by atoms with Crippen LogP contribution in [0.15, 0.2) is 0 Å². The van der Waals surface area contributed by atoms with E-state index in [1.807, 2.05) is 0 Å². The van der Waals surface area contributed by atoms with Crippen molar-refractivity contribution in [2.45, 2.75) is 45.1 Å². The molecule has 1 saturated carbocycles. The largest absolute Gasteiger partial charge is 0.396 e. The highest BCUT2D eigenvalue weighted by molar-refractivity contribution is 5.78. The molecule has 1 amide bonds. The number of likely N-dealkylation sites (tertiary alicyclic amines) is 1. The van der Waals surface area contributed by atoms with Crippen LogP contribution in [0.3, 0.4) is 0 Å². The Morgan fingerprint density at radius 2 is 1.94 bits per heavy atom. The lowest BCUT2D eigenvalue weighted by Crippen LogP contribution is -2.54. The number of nitrogens with zero attached hydrogens (tertiary/aromatic N) is 2. The summed E-state index contributed by atoms with van der Waals surface area (Å²) in [4.78, 5) is 16.5. The van der Waals surface area contributed by atoms with E-state index in [0.717, 1.165) is 19.6 Å². The van der Waals surface area contributed by atoms with Crippen LogP contribution in [0.1, 0.15) is 39.0 Å². The average molecular weight is 254 g/mol. The molecule has 0 aromatic rings. The number of hydrogen-bond donors (Lipinski definition) is 1. The Kier molecular flexibility index (Phi) is 5.01. The van der Waals surface area contributed by atoms with E-state index in [4.69, 9.17) is 5.11 Å². The van der Waals surface area contributed by atoms with Gasteiger partial charge in [-0.25, -0.2) is 0 Å². The molecule has 1 aliphatic heterocycles. The van der Waals surface area contributed by atoms with Crippen LogP contribution >= 0.6 is 0 Å². The minimum atomic E-state index is 0.255. The number of likely N-dealkylation sites (N-methyl/N-ethyl adjacent to an activating group) is 1. The summed E-state index contributed by atoms with van der Waals surface area (Å²) < 4.78 is 0. The molecule has 2 aliphatic rings. The average Bonchev–Trinajstić information content (AvgIpc) is 2.35. The van der Waals surface area contributed by atoms with E-state index in [1.54, 1.807) is 0 Å². The number of aliphatic hydroxyl groups excluding tert-OH is 1. The number of amides is 1. The van der Waals surface area contributed by atoms with Crippen molar-refractivity contribution in [2.75, 3.05) is 32.8 Å². The second-order valence-corrected chi connectivity index (χ2v) is 5.71. The van der Waals surface area contributed by atoms with Crippen LogP contribution in [0.5, 0.6) is 0 Å². The third-order valence-electron chi connectivity index (χ3n) is 4.33. The molecule has 4 nitrogen and oxygen atoms in total. The van der Waals surface area contributed by atoms with E-state index < -0.39 is 0 Å². The van der Waals surface area contributed by atoms with Gasteiger partial charge in [0.05, 0.1) is 6.54 Å². The van der Waals surface area contributed by atoms with Crippen molar-refractivity contribution in [3.8, 4) is 0 Å². The van der Waals surface area contributed by atoms with Gasteiger partial charge >= 0.3 is 0 Å². The van der Waals surface area contributed by atoms with Crippen LogP contribution in [0.2, 0.25) is 0 Å². The molecule has 0 atom stereocenters. The molecule has 104 valence electrons. The van der Waals surface area contributed by atoms with Crippen LogP contribution in [0.25, 0.3) is 0 Å². The molecular weight excluding hydrogens is 228 g/mol. The van der Waals surface area contributed by atoms with Gasteiger partial charge in [0.25, 0.3) is 0 Å². The molecule has 2 rings (SSSR count). The summed E-state index contributed by atoms with van der Waals surface area (Å²) >= 11 is 0. The molecular formula is C14H26N2O2. The highest BCUT2D eigenvalue weighted by atomic mass is 16.3. The summed E-state index contributed by atoms with van der Waals surface area (Å²) in [5.74, 6) is 0.670. The minimum Gasteiger partial charge on any atom is -0.396 e. The molecule has 1 saturated heterocycles. The Bertz CT molecular complexity index is 271. The fourth-order valence-corrected chi connectivity index (χ4v) is 3.23. The molecule has 0 bridgehead atoms. The molecule has 1 aliphatic carbocycles. The first-order valence-corrected chi connectivity index (χ1v) is 7.37.